The van der Waals surface area contributed by atoms with Crippen molar-refractivity contribution >= 4 is 26.6 Å². The molecule has 0 saturated carbocycles. The molecule has 4 heterocycles. The lowest BCUT2D eigenvalue weighted by Gasteiger charge is -2.32. The number of halogens is 1. The predicted molar refractivity (Wildman–Crippen MR) is 148 cm³/mol. The number of piperidine rings is 1. The maximum atomic E-state index is 15.0. The molecule has 13 heteroatoms. The highest BCUT2D eigenvalue weighted by molar-refractivity contribution is 7.93. The summed E-state index contributed by atoms with van der Waals surface area (Å²) in [6, 6.07) is 8.48. The molecule has 0 unspecified atom stereocenters. The number of rotatable bonds is 6. The SMILES string of the molecule is N#Cc1c(NS(=O)(=O)C2CCOCC2)ccc(F)c1Oc1ccc2ncn([C@H]3COC4(CCNCC4)C3)c(=O)c2c1. The molecule has 3 fully saturated rings. The fourth-order valence-corrected chi connectivity index (χ4v) is 7.32. The van der Waals surface area contributed by atoms with Crippen LogP contribution in [0, 0.1) is 17.1 Å². The molecule has 3 aliphatic heterocycles. The standard InChI is InChI=1S/C28H30FN5O6S/c29-23-2-4-25(33-41(36,37)20-5-11-38-12-6-20)22(15-30)26(23)40-19-1-3-24-21(13-19)27(35)34(17-32-24)18-14-28(39-16-18)7-9-31-10-8-28/h1-4,13,17-18,20,31,33H,5-12,14,16H2/t18-/m1/s1. The minimum Gasteiger partial charge on any atom is -0.453 e. The average Bonchev–Trinajstić information content (AvgIpc) is 3.38. The van der Waals surface area contributed by atoms with Crippen molar-refractivity contribution in [1.29, 1.82) is 5.26 Å². The summed E-state index contributed by atoms with van der Waals surface area (Å²) >= 11 is 0. The van der Waals surface area contributed by atoms with Gasteiger partial charge in [0.15, 0.2) is 11.6 Å². The van der Waals surface area contributed by atoms with Crippen LogP contribution in [0.15, 0.2) is 41.5 Å². The first kappa shape index (κ1) is 27.6. The molecule has 1 spiro atoms. The van der Waals surface area contributed by atoms with Crippen molar-refractivity contribution in [1.82, 2.24) is 14.9 Å². The maximum Gasteiger partial charge on any atom is 0.261 e. The quantitative estimate of drug-likeness (QED) is 0.447. The molecule has 3 saturated heterocycles. The number of hydrogen-bond donors (Lipinski definition) is 2. The van der Waals surface area contributed by atoms with Crippen LogP contribution in [0.1, 0.15) is 43.7 Å². The molecule has 0 radical (unpaired) electrons. The summed E-state index contributed by atoms with van der Waals surface area (Å²) in [5.41, 5.74) is -0.474. The zero-order valence-corrected chi connectivity index (χ0v) is 23.1. The Morgan fingerprint density at radius 3 is 2.73 bits per heavy atom. The van der Waals surface area contributed by atoms with E-state index in [2.05, 4.69) is 15.0 Å². The van der Waals surface area contributed by atoms with E-state index >= 15 is 0 Å². The number of nitrogens with zero attached hydrogens (tertiary/aromatic N) is 3. The molecule has 3 aliphatic rings. The van der Waals surface area contributed by atoms with Gasteiger partial charge in [-0.3, -0.25) is 14.1 Å². The summed E-state index contributed by atoms with van der Waals surface area (Å²) in [7, 11) is -3.85. The summed E-state index contributed by atoms with van der Waals surface area (Å²) in [5.74, 6) is -1.19. The van der Waals surface area contributed by atoms with Crippen molar-refractivity contribution < 1.29 is 27.0 Å². The number of hydrogen-bond acceptors (Lipinski definition) is 9. The first-order valence-corrected chi connectivity index (χ1v) is 15.2. The second kappa shape index (κ2) is 11.0. The number of sulfonamides is 1. The van der Waals surface area contributed by atoms with Crippen LogP contribution in [-0.2, 0) is 19.5 Å². The Bertz CT molecular complexity index is 1680. The van der Waals surface area contributed by atoms with Gasteiger partial charge in [-0.25, -0.2) is 17.8 Å². The molecule has 0 bridgehead atoms. The van der Waals surface area contributed by atoms with E-state index in [1.54, 1.807) is 10.6 Å². The Balaban J connectivity index is 1.29. The lowest BCUT2D eigenvalue weighted by molar-refractivity contribution is -0.0196. The van der Waals surface area contributed by atoms with Crippen LogP contribution >= 0.6 is 0 Å². The highest BCUT2D eigenvalue weighted by atomic mass is 32.2. The van der Waals surface area contributed by atoms with Crippen molar-refractivity contribution in [2.24, 2.45) is 0 Å². The predicted octanol–water partition coefficient (Wildman–Crippen LogP) is 3.20. The molecule has 1 atom stereocenters. The van der Waals surface area contributed by atoms with Gasteiger partial charge in [0.25, 0.3) is 5.56 Å². The molecule has 216 valence electrons. The third-order valence-electron chi connectivity index (χ3n) is 8.15. The summed E-state index contributed by atoms with van der Waals surface area (Å²) in [5, 5.41) is 12.8. The molecular formula is C28H30FN5O6S. The van der Waals surface area contributed by atoms with E-state index in [9.17, 15) is 22.9 Å². The Morgan fingerprint density at radius 1 is 1.20 bits per heavy atom. The third kappa shape index (κ3) is 5.40. The van der Waals surface area contributed by atoms with Crippen LogP contribution < -0.4 is 20.3 Å². The number of benzene rings is 2. The lowest BCUT2D eigenvalue weighted by atomic mass is 9.88. The third-order valence-corrected chi connectivity index (χ3v) is 10.0. The van der Waals surface area contributed by atoms with E-state index in [4.69, 9.17) is 14.2 Å². The second-order valence-electron chi connectivity index (χ2n) is 10.7. The van der Waals surface area contributed by atoms with Gasteiger partial charge in [-0.05, 0) is 75.5 Å². The number of nitriles is 1. The van der Waals surface area contributed by atoms with Crippen LogP contribution in [0.2, 0.25) is 0 Å². The van der Waals surface area contributed by atoms with Crippen LogP contribution in [-0.4, -0.2) is 61.7 Å². The zero-order valence-electron chi connectivity index (χ0n) is 22.3. The van der Waals surface area contributed by atoms with Gasteiger partial charge >= 0.3 is 0 Å². The van der Waals surface area contributed by atoms with Crippen molar-refractivity contribution in [3.05, 3.63) is 58.4 Å². The Labute approximate surface area is 236 Å². The van der Waals surface area contributed by atoms with Gasteiger partial charge in [-0.2, -0.15) is 5.26 Å². The number of aromatic nitrogens is 2. The molecule has 0 aliphatic carbocycles. The van der Waals surface area contributed by atoms with Gasteiger partial charge < -0.3 is 19.5 Å². The summed E-state index contributed by atoms with van der Waals surface area (Å²) < 4.78 is 62.0. The number of fused-ring (bicyclic) bond motifs is 1. The second-order valence-corrected chi connectivity index (χ2v) is 12.7. The molecule has 1 aromatic heterocycles. The largest absolute Gasteiger partial charge is 0.453 e. The Kier molecular flexibility index (Phi) is 7.41. The summed E-state index contributed by atoms with van der Waals surface area (Å²) in [6.45, 7) is 2.80. The van der Waals surface area contributed by atoms with Gasteiger partial charge in [0.2, 0.25) is 10.0 Å². The van der Waals surface area contributed by atoms with Crippen LogP contribution in [0.3, 0.4) is 0 Å². The topological polar surface area (TPSA) is 145 Å². The highest BCUT2D eigenvalue weighted by Crippen LogP contribution is 2.39. The Morgan fingerprint density at radius 2 is 1.98 bits per heavy atom. The Hall–Kier alpha value is -3.57. The van der Waals surface area contributed by atoms with Gasteiger partial charge in [0, 0.05) is 13.2 Å². The number of anilines is 1. The molecule has 0 amide bonds. The molecule has 6 rings (SSSR count). The normalized spacial score (nSPS) is 21.1. The highest BCUT2D eigenvalue weighted by Gasteiger charge is 2.42. The lowest BCUT2D eigenvalue weighted by Crippen LogP contribution is -2.41. The van der Waals surface area contributed by atoms with E-state index in [0.29, 0.717) is 44.6 Å². The zero-order chi connectivity index (χ0) is 28.6. The number of nitrogens with one attached hydrogen (secondary N) is 2. The molecule has 11 nitrogen and oxygen atoms in total. The summed E-state index contributed by atoms with van der Waals surface area (Å²) in [4.78, 5) is 18.0. The van der Waals surface area contributed by atoms with Crippen molar-refractivity contribution in [2.45, 2.75) is 49.0 Å². The first-order valence-electron chi connectivity index (χ1n) is 13.6. The van der Waals surface area contributed by atoms with E-state index < -0.39 is 26.8 Å². The molecule has 2 aromatic carbocycles. The van der Waals surface area contributed by atoms with Gasteiger partial charge in [0.1, 0.15) is 17.4 Å². The van der Waals surface area contributed by atoms with Crippen LogP contribution in [0.4, 0.5) is 10.1 Å². The van der Waals surface area contributed by atoms with Crippen molar-refractivity contribution in [3.63, 3.8) is 0 Å². The molecule has 41 heavy (non-hydrogen) atoms. The van der Waals surface area contributed by atoms with E-state index in [0.717, 1.165) is 32.0 Å². The minimum atomic E-state index is -3.85. The first-order chi connectivity index (χ1) is 19.8. The van der Waals surface area contributed by atoms with Crippen molar-refractivity contribution in [2.75, 3.05) is 37.6 Å². The average molecular weight is 584 g/mol. The van der Waals surface area contributed by atoms with Gasteiger partial charge in [0.05, 0.1) is 46.4 Å². The number of ether oxygens (including phenoxy) is 3. The molecule has 2 N–H and O–H groups in total. The van der Waals surface area contributed by atoms with E-state index in [-0.39, 0.29) is 39.6 Å². The van der Waals surface area contributed by atoms with E-state index in [1.165, 1.54) is 24.5 Å². The maximum absolute atomic E-state index is 15.0. The van der Waals surface area contributed by atoms with Gasteiger partial charge in [-0.15, -0.1) is 0 Å². The van der Waals surface area contributed by atoms with Crippen LogP contribution in [0.25, 0.3) is 10.9 Å². The molecular weight excluding hydrogens is 553 g/mol. The smallest absolute Gasteiger partial charge is 0.261 e. The minimum absolute atomic E-state index is 0.0896. The summed E-state index contributed by atoms with van der Waals surface area (Å²) in [6.07, 6.45) is 4.64. The van der Waals surface area contributed by atoms with Crippen LogP contribution in [0.5, 0.6) is 11.5 Å². The van der Waals surface area contributed by atoms with Gasteiger partial charge in [-0.1, -0.05) is 0 Å². The fraction of sp³-hybridized carbons (Fsp3) is 0.464. The van der Waals surface area contributed by atoms with Crippen molar-refractivity contribution in [3.8, 4) is 17.6 Å². The molecule has 3 aromatic rings. The fourth-order valence-electron chi connectivity index (χ4n) is 5.86. The monoisotopic (exact) mass is 583 g/mol. The van der Waals surface area contributed by atoms with E-state index in [1.807, 2.05) is 6.07 Å².